The molecule has 0 bridgehead atoms. The highest BCUT2D eigenvalue weighted by atomic mass is 16.3. The Labute approximate surface area is 145 Å². The maximum absolute atomic E-state index is 12.6. The summed E-state index contributed by atoms with van der Waals surface area (Å²) < 4.78 is 0. The minimum Gasteiger partial charge on any atom is -0.395 e. The number of amides is 1. The van der Waals surface area contributed by atoms with Crippen LogP contribution >= 0.6 is 0 Å². The molecule has 4 nitrogen and oxygen atoms in total. The molecular formula is C20H30N2O2. The third kappa shape index (κ3) is 4.58. The molecule has 0 radical (unpaired) electrons. The van der Waals surface area contributed by atoms with Crippen LogP contribution < -0.4 is 0 Å². The second-order valence-electron chi connectivity index (χ2n) is 7.32. The van der Waals surface area contributed by atoms with E-state index in [2.05, 4.69) is 35.2 Å². The first-order chi connectivity index (χ1) is 11.8. The van der Waals surface area contributed by atoms with Gasteiger partial charge in [0, 0.05) is 19.1 Å². The van der Waals surface area contributed by atoms with Crippen LogP contribution in [-0.4, -0.2) is 59.6 Å². The smallest absolute Gasteiger partial charge is 0.236 e. The monoisotopic (exact) mass is 330 g/mol. The Morgan fingerprint density at radius 2 is 1.79 bits per heavy atom. The van der Waals surface area contributed by atoms with E-state index in [-0.39, 0.29) is 18.6 Å². The number of piperidine rings is 2. The zero-order valence-electron chi connectivity index (χ0n) is 14.6. The molecule has 0 aliphatic carbocycles. The van der Waals surface area contributed by atoms with E-state index >= 15 is 0 Å². The van der Waals surface area contributed by atoms with E-state index in [1.807, 2.05) is 4.90 Å². The first-order valence-electron chi connectivity index (χ1n) is 9.43. The fourth-order valence-corrected chi connectivity index (χ4v) is 4.08. The summed E-state index contributed by atoms with van der Waals surface area (Å²) in [6, 6.07) is 10.8. The predicted molar refractivity (Wildman–Crippen MR) is 95.7 cm³/mol. The molecule has 1 amide bonds. The van der Waals surface area contributed by atoms with Gasteiger partial charge in [-0.2, -0.15) is 0 Å². The number of benzene rings is 1. The van der Waals surface area contributed by atoms with Crippen LogP contribution in [0.1, 0.15) is 37.7 Å². The zero-order valence-corrected chi connectivity index (χ0v) is 14.6. The van der Waals surface area contributed by atoms with E-state index in [9.17, 15) is 9.90 Å². The van der Waals surface area contributed by atoms with Gasteiger partial charge in [-0.25, -0.2) is 0 Å². The Balaban J connectivity index is 1.45. The van der Waals surface area contributed by atoms with E-state index in [0.29, 0.717) is 12.5 Å². The quantitative estimate of drug-likeness (QED) is 0.901. The number of hydrogen-bond acceptors (Lipinski definition) is 3. The highest BCUT2D eigenvalue weighted by molar-refractivity contribution is 5.78. The molecular weight excluding hydrogens is 300 g/mol. The van der Waals surface area contributed by atoms with Crippen LogP contribution in [-0.2, 0) is 11.2 Å². The summed E-state index contributed by atoms with van der Waals surface area (Å²) in [6.45, 7) is 3.37. The molecule has 132 valence electrons. The Morgan fingerprint density at radius 1 is 1.04 bits per heavy atom. The number of rotatable bonds is 5. The maximum Gasteiger partial charge on any atom is 0.236 e. The summed E-state index contributed by atoms with van der Waals surface area (Å²) in [6.07, 6.45) is 6.66. The van der Waals surface area contributed by atoms with Crippen LogP contribution in [0, 0.1) is 5.92 Å². The van der Waals surface area contributed by atoms with Crippen LogP contribution in [0.25, 0.3) is 0 Å². The van der Waals surface area contributed by atoms with E-state index in [1.54, 1.807) is 0 Å². The molecule has 1 aromatic rings. The van der Waals surface area contributed by atoms with Crippen molar-refractivity contribution >= 4 is 5.91 Å². The highest BCUT2D eigenvalue weighted by Crippen LogP contribution is 2.22. The van der Waals surface area contributed by atoms with E-state index in [0.717, 1.165) is 51.7 Å². The Morgan fingerprint density at radius 3 is 2.50 bits per heavy atom. The molecule has 2 fully saturated rings. The Kier molecular flexibility index (Phi) is 6.27. The van der Waals surface area contributed by atoms with Crippen LogP contribution in [0.3, 0.4) is 0 Å². The molecule has 2 aliphatic rings. The standard InChI is InChI=1S/C20H30N2O2/c23-16-19-8-4-5-11-22(19)15-20(24)21-12-9-18(10-13-21)14-17-6-2-1-3-7-17/h1-3,6-7,18-19,23H,4-5,8-16H2/t19-/m1/s1. The number of aliphatic hydroxyl groups is 1. The Hall–Kier alpha value is -1.39. The van der Waals surface area contributed by atoms with Gasteiger partial charge in [0.25, 0.3) is 0 Å². The average molecular weight is 330 g/mol. The second kappa shape index (κ2) is 8.63. The van der Waals surface area contributed by atoms with Crippen LogP contribution in [0.4, 0.5) is 0 Å². The van der Waals surface area contributed by atoms with Gasteiger partial charge in [0.1, 0.15) is 0 Å². The molecule has 0 aromatic heterocycles. The lowest BCUT2D eigenvalue weighted by atomic mass is 9.90. The third-order valence-electron chi connectivity index (χ3n) is 5.63. The van der Waals surface area contributed by atoms with Gasteiger partial charge in [-0.3, -0.25) is 9.69 Å². The van der Waals surface area contributed by atoms with Crippen molar-refractivity contribution < 1.29 is 9.90 Å². The second-order valence-corrected chi connectivity index (χ2v) is 7.32. The SMILES string of the molecule is O=C(CN1CCCC[C@@H]1CO)N1CCC(Cc2ccccc2)CC1. The summed E-state index contributed by atoms with van der Waals surface area (Å²) in [7, 11) is 0. The van der Waals surface area contributed by atoms with Crippen molar-refractivity contribution in [3.8, 4) is 0 Å². The number of nitrogens with zero attached hydrogens (tertiary/aromatic N) is 2. The molecule has 0 spiro atoms. The van der Waals surface area contributed by atoms with Gasteiger partial charge in [-0.15, -0.1) is 0 Å². The van der Waals surface area contributed by atoms with Gasteiger partial charge in [-0.05, 0) is 50.1 Å². The fraction of sp³-hybridized carbons (Fsp3) is 0.650. The normalized spacial score (nSPS) is 23.4. The predicted octanol–water partition coefficient (Wildman–Crippen LogP) is 2.31. The molecule has 1 aromatic carbocycles. The van der Waals surface area contributed by atoms with Gasteiger partial charge in [-0.1, -0.05) is 36.8 Å². The molecule has 2 aliphatic heterocycles. The lowest BCUT2D eigenvalue weighted by Gasteiger charge is -2.37. The summed E-state index contributed by atoms with van der Waals surface area (Å²) >= 11 is 0. The molecule has 0 saturated carbocycles. The van der Waals surface area contributed by atoms with Crippen molar-refractivity contribution in [2.24, 2.45) is 5.92 Å². The summed E-state index contributed by atoms with van der Waals surface area (Å²) in [5, 5.41) is 9.49. The zero-order chi connectivity index (χ0) is 16.8. The van der Waals surface area contributed by atoms with Crippen molar-refractivity contribution in [2.75, 3.05) is 32.8 Å². The Bertz CT molecular complexity index is 512. The topological polar surface area (TPSA) is 43.8 Å². The van der Waals surface area contributed by atoms with E-state index in [1.165, 1.54) is 12.0 Å². The first kappa shape index (κ1) is 17.4. The first-order valence-corrected chi connectivity index (χ1v) is 9.43. The number of carbonyl (C=O) groups is 1. The molecule has 24 heavy (non-hydrogen) atoms. The van der Waals surface area contributed by atoms with Crippen LogP contribution in [0.15, 0.2) is 30.3 Å². The average Bonchev–Trinajstić information content (AvgIpc) is 2.63. The lowest BCUT2D eigenvalue weighted by Crippen LogP contribution is -2.49. The summed E-state index contributed by atoms with van der Waals surface area (Å²) in [5.74, 6) is 0.935. The van der Waals surface area contributed by atoms with Crippen molar-refractivity contribution in [3.05, 3.63) is 35.9 Å². The third-order valence-corrected chi connectivity index (χ3v) is 5.63. The van der Waals surface area contributed by atoms with Gasteiger partial charge in [0.05, 0.1) is 13.2 Å². The maximum atomic E-state index is 12.6. The van der Waals surface area contributed by atoms with Crippen LogP contribution in [0.2, 0.25) is 0 Å². The number of hydrogen-bond donors (Lipinski definition) is 1. The van der Waals surface area contributed by atoms with Gasteiger partial charge >= 0.3 is 0 Å². The molecule has 1 N–H and O–H groups in total. The largest absolute Gasteiger partial charge is 0.395 e. The molecule has 3 rings (SSSR count). The van der Waals surface area contributed by atoms with Gasteiger partial charge < -0.3 is 10.0 Å². The molecule has 4 heteroatoms. The minimum atomic E-state index is 0.173. The number of carbonyl (C=O) groups excluding carboxylic acids is 1. The molecule has 2 heterocycles. The minimum absolute atomic E-state index is 0.173. The van der Waals surface area contributed by atoms with Crippen molar-refractivity contribution in [1.29, 1.82) is 0 Å². The van der Waals surface area contributed by atoms with Crippen LogP contribution in [0.5, 0.6) is 0 Å². The number of aliphatic hydroxyl groups excluding tert-OH is 1. The fourth-order valence-electron chi connectivity index (χ4n) is 4.08. The van der Waals surface area contributed by atoms with Gasteiger partial charge in [0.15, 0.2) is 0 Å². The van der Waals surface area contributed by atoms with Crippen molar-refractivity contribution in [2.45, 2.75) is 44.6 Å². The van der Waals surface area contributed by atoms with Crippen molar-refractivity contribution in [3.63, 3.8) is 0 Å². The molecule has 2 saturated heterocycles. The number of likely N-dealkylation sites (tertiary alicyclic amines) is 2. The van der Waals surface area contributed by atoms with Gasteiger partial charge in [0.2, 0.25) is 5.91 Å². The summed E-state index contributed by atoms with van der Waals surface area (Å²) in [5.41, 5.74) is 1.40. The highest BCUT2D eigenvalue weighted by Gasteiger charge is 2.27. The van der Waals surface area contributed by atoms with Crippen molar-refractivity contribution in [1.82, 2.24) is 9.80 Å². The lowest BCUT2D eigenvalue weighted by molar-refractivity contribution is -0.135. The summed E-state index contributed by atoms with van der Waals surface area (Å²) in [4.78, 5) is 16.8. The molecule has 0 unspecified atom stereocenters. The van der Waals surface area contributed by atoms with E-state index in [4.69, 9.17) is 0 Å². The van der Waals surface area contributed by atoms with E-state index < -0.39 is 0 Å². The molecule has 1 atom stereocenters.